The molecule has 20 heavy (non-hydrogen) atoms. The van der Waals surface area contributed by atoms with Crippen LogP contribution in [-0.2, 0) is 10.8 Å². The third-order valence-electron chi connectivity index (χ3n) is 2.89. The van der Waals surface area contributed by atoms with Crippen molar-refractivity contribution in [3.05, 3.63) is 58.6 Å². The number of carbonyl (C=O) groups is 1. The summed E-state index contributed by atoms with van der Waals surface area (Å²) < 4.78 is 11.3. The van der Waals surface area contributed by atoms with Gasteiger partial charge in [-0.05, 0) is 55.0 Å². The lowest BCUT2D eigenvalue weighted by atomic mass is 10.1. The minimum Gasteiger partial charge on any atom is -0.322 e. The quantitative estimate of drug-likeness (QED) is 0.941. The van der Waals surface area contributed by atoms with E-state index in [0.29, 0.717) is 15.5 Å². The fraction of sp³-hybridized carbons (Fsp3) is 0.133. The van der Waals surface area contributed by atoms with Crippen molar-refractivity contribution in [2.24, 2.45) is 0 Å². The van der Waals surface area contributed by atoms with Gasteiger partial charge in [0.05, 0.1) is 0 Å². The van der Waals surface area contributed by atoms with Gasteiger partial charge in [0.2, 0.25) is 0 Å². The lowest BCUT2D eigenvalue weighted by molar-refractivity contribution is 0.102. The maximum Gasteiger partial charge on any atom is 0.255 e. The number of hydrogen-bond donors (Lipinski definition) is 1. The van der Waals surface area contributed by atoms with Crippen LogP contribution in [0.4, 0.5) is 5.69 Å². The highest BCUT2D eigenvalue weighted by molar-refractivity contribution is 7.84. The molecule has 3 nitrogen and oxygen atoms in total. The Morgan fingerprint density at radius 3 is 2.35 bits per heavy atom. The summed E-state index contributed by atoms with van der Waals surface area (Å²) >= 11 is 5.88. The second kappa shape index (κ2) is 6.20. The summed E-state index contributed by atoms with van der Waals surface area (Å²) in [5.74, 6) is -0.205. The van der Waals surface area contributed by atoms with Crippen molar-refractivity contribution in [2.45, 2.75) is 11.8 Å². The number of rotatable bonds is 3. The number of anilines is 1. The summed E-state index contributed by atoms with van der Waals surface area (Å²) in [4.78, 5) is 12.8. The lowest BCUT2D eigenvalue weighted by Crippen LogP contribution is -2.12. The summed E-state index contributed by atoms with van der Waals surface area (Å²) in [5, 5.41) is 3.46. The molecule has 0 aliphatic heterocycles. The van der Waals surface area contributed by atoms with E-state index in [0.717, 1.165) is 11.3 Å². The van der Waals surface area contributed by atoms with Crippen molar-refractivity contribution < 1.29 is 9.00 Å². The van der Waals surface area contributed by atoms with Gasteiger partial charge in [0.25, 0.3) is 5.91 Å². The maximum absolute atomic E-state index is 12.1. The Kier molecular flexibility index (Phi) is 4.57. The number of benzene rings is 2. The van der Waals surface area contributed by atoms with Crippen molar-refractivity contribution in [3.63, 3.8) is 0 Å². The zero-order chi connectivity index (χ0) is 14.7. The van der Waals surface area contributed by atoms with Gasteiger partial charge in [-0.15, -0.1) is 0 Å². The Labute approximate surface area is 125 Å². The topological polar surface area (TPSA) is 46.2 Å². The van der Waals surface area contributed by atoms with Crippen LogP contribution in [0.2, 0.25) is 5.02 Å². The van der Waals surface area contributed by atoms with E-state index in [2.05, 4.69) is 5.32 Å². The Balaban J connectivity index is 2.17. The van der Waals surface area contributed by atoms with Crippen LogP contribution in [0.1, 0.15) is 15.9 Å². The summed E-state index contributed by atoms with van der Waals surface area (Å²) in [6.07, 6.45) is 1.60. The smallest absolute Gasteiger partial charge is 0.255 e. The molecular weight excluding hydrogens is 294 g/mol. The normalized spacial score (nSPS) is 11.9. The second-order valence-corrected chi connectivity index (χ2v) is 6.21. The molecule has 2 aromatic carbocycles. The van der Waals surface area contributed by atoms with Crippen LogP contribution >= 0.6 is 11.6 Å². The van der Waals surface area contributed by atoms with Gasteiger partial charge in [0.15, 0.2) is 0 Å². The average molecular weight is 308 g/mol. The van der Waals surface area contributed by atoms with Crippen LogP contribution in [-0.4, -0.2) is 16.4 Å². The fourth-order valence-electron chi connectivity index (χ4n) is 1.76. The largest absolute Gasteiger partial charge is 0.322 e. The monoisotopic (exact) mass is 307 g/mol. The van der Waals surface area contributed by atoms with Crippen molar-refractivity contribution in [1.82, 2.24) is 0 Å². The van der Waals surface area contributed by atoms with Crippen LogP contribution in [0.3, 0.4) is 0 Å². The summed E-state index contributed by atoms with van der Waals surface area (Å²) in [5.41, 5.74) is 2.15. The van der Waals surface area contributed by atoms with Crippen molar-refractivity contribution in [3.8, 4) is 0 Å². The summed E-state index contributed by atoms with van der Waals surface area (Å²) in [6, 6.07) is 12.0. The first-order chi connectivity index (χ1) is 9.47. The van der Waals surface area contributed by atoms with Crippen molar-refractivity contribution in [1.29, 1.82) is 0 Å². The third kappa shape index (κ3) is 3.46. The number of carbonyl (C=O) groups excluding carboxylic acids is 1. The van der Waals surface area contributed by atoms with E-state index in [1.807, 2.05) is 6.92 Å². The van der Waals surface area contributed by atoms with Crippen molar-refractivity contribution >= 4 is 34.0 Å². The number of aryl methyl sites for hydroxylation is 1. The Bertz CT molecular complexity index is 668. The first-order valence-electron chi connectivity index (χ1n) is 5.98. The fourth-order valence-corrected chi connectivity index (χ4v) is 2.51. The molecule has 0 fully saturated rings. The standard InChI is InChI=1S/C15H14ClNO2S/c1-10-9-12(16)5-8-14(10)17-15(18)11-3-6-13(7-4-11)20(2)19/h3-9H,1-2H3,(H,17,18). The van der Waals surface area contributed by atoms with Gasteiger partial charge in [-0.2, -0.15) is 0 Å². The molecule has 0 saturated heterocycles. The molecule has 0 spiro atoms. The predicted octanol–water partition coefficient (Wildman–Crippen LogP) is 3.64. The van der Waals surface area contributed by atoms with Gasteiger partial charge < -0.3 is 5.32 Å². The minimum absolute atomic E-state index is 0.205. The van der Waals surface area contributed by atoms with E-state index in [4.69, 9.17) is 11.6 Å². The summed E-state index contributed by atoms with van der Waals surface area (Å²) in [7, 11) is -1.04. The molecule has 0 aliphatic rings. The molecule has 0 aliphatic carbocycles. The first kappa shape index (κ1) is 14.8. The highest BCUT2D eigenvalue weighted by Gasteiger charge is 2.08. The average Bonchev–Trinajstić information content (AvgIpc) is 2.42. The van der Waals surface area contributed by atoms with Gasteiger partial charge in [0, 0.05) is 38.2 Å². The predicted molar refractivity (Wildman–Crippen MR) is 82.9 cm³/mol. The van der Waals surface area contributed by atoms with Crippen LogP contribution in [0.5, 0.6) is 0 Å². The molecular formula is C15H14ClNO2S. The molecule has 2 aromatic rings. The zero-order valence-corrected chi connectivity index (χ0v) is 12.7. The van der Waals surface area contributed by atoms with Gasteiger partial charge >= 0.3 is 0 Å². The molecule has 0 saturated carbocycles. The molecule has 0 radical (unpaired) electrons. The van der Waals surface area contributed by atoms with Gasteiger partial charge in [-0.3, -0.25) is 9.00 Å². The first-order valence-corrected chi connectivity index (χ1v) is 7.92. The molecule has 1 unspecified atom stereocenters. The summed E-state index contributed by atoms with van der Waals surface area (Å²) in [6.45, 7) is 1.88. The molecule has 5 heteroatoms. The minimum atomic E-state index is -1.04. The molecule has 0 heterocycles. The molecule has 0 aromatic heterocycles. The van der Waals surface area contributed by atoms with E-state index in [-0.39, 0.29) is 5.91 Å². The lowest BCUT2D eigenvalue weighted by Gasteiger charge is -2.09. The SMILES string of the molecule is Cc1cc(Cl)ccc1NC(=O)c1ccc(S(C)=O)cc1. The number of hydrogen-bond acceptors (Lipinski definition) is 2. The Morgan fingerprint density at radius 1 is 1.15 bits per heavy atom. The van der Waals surface area contributed by atoms with Crippen LogP contribution < -0.4 is 5.32 Å². The molecule has 2 rings (SSSR count). The van der Waals surface area contributed by atoms with Crippen LogP contribution in [0.15, 0.2) is 47.4 Å². The zero-order valence-electron chi connectivity index (χ0n) is 11.1. The molecule has 0 bridgehead atoms. The van der Waals surface area contributed by atoms with E-state index in [1.54, 1.807) is 48.7 Å². The Hall–Kier alpha value is -1.65. The molecule has 1 atom stereocenters. The van der Waals surface area contributed by atoms with Crippen molar-refractivity contribution in [2.75, 3.05) is 11.6 Å². The van der Waals surface area contributed by atoms with E-state index in [1.165, 1.54) is 0 Å². The molecule has 1 N–H and O–H groups in total. The number of amides is 1. The highest BCUT2D eigenvalue weighted by atomic mass is 35.5. The van der Waals surface area contributed by atoms with E-state index < -0.39 is 10.8 Å². The van der Waals surface area contributed by atoms with E-state index >= 15 is 0 Å². The van der Waals surface area contributed by atoms with Crippen LogP contribution in [0, 0.1) is 6.92 Å². The van der Waals surface area contributed by atoms with Gasteiger partial charge in [0.1, 0.15) is 0 Å². The number of nitrogens with one attached hydrogen (secondary N) is 1. The second-order valence-electron chi connectivity index (χ2n) is 4.39. The highest BCUT2D eigenvalue weighted by Crippen LogP contribution is 2.20. The molecule has 1 amide bonds. The molecule has 104 valence electrons. The third-order valence-corrected chi connectivity index (χ3v) is 4.06. The van der Waals surface area contributed by atoms with Gasteiger partial charge in [-0.1, -0.05) is 11.6 Å². The Morgan fingerprint density at radius 2 is 1.80 bits per heavy atom. The number of halogens is 1. The maximum atomic E-state index is 12.1. The van der Waals surface area contributed by atoms with Gasteiger partial charge in [-0.25, -0.2) is 0 Å². The van der Waals surface area contributed by atoms with E-state index in [9.17, 15) is 9.00 Å². The van der Waals surface area contributed by atoms with Crippen LogP contribution in [0.25, 0.3) is 0 Å².